The van der Waals surface area contributed by atoms with Gasteiger partial charge in [-0.3, -0.25) is 0 Å². The van der Waals surface area contributed by atoms with Gasteiger partial charge < -0.3 is 19.5 Å². The molecule has 2 aromatic carbocycles. The number of hydrogen-bond acceptors (Lipinski definition) is 7. The topological polar surface area (TPSA) is 72.1 Å². The van der Waals surface area contributed by atoms with Gasteiger partial charge in [0.2, 0.25) is 10.1 Å². The van der Waals surface area contributed by atoms with E-state index in [1.165, 1.54) is 18.4 Å². The molecule has 2 aromatic heterocycles. The van der Waals surface area contributed by atoms with Crippen LogP contribution in [0.2, 0.25) is 0 Å². The summed E-state index contributed by atoms with van der Waals surface area (Å²) in [5.41, 5.74) is 2.69. The van der Waals surface area contributed by atoms with Crippen molar-refractivity contribution < 1.29 is 14.6 Å². The molecule has 0 aliphatic rings. The van der Waals surface area contributed by atoms with Gasteiger partial charge in [-0.15, -0.1) is 5.10 Å². The first-order valence-electron chi connectivity index (χ1n) is 8.20. The number of phenols is 1. The maximum absolute atomic E-state index is 9.81. The van der Waals surface area contributed by atoms with Crippen LogP contribution in [0.4, 0.5) is 10.8 Å². The number of aromatic hydroxyl groups is 1. The predicted octanol–water partition coefficient (Wildman–Crippen LogP) is 3.95. The second-order valence-corrected chi connectivity index (χ2v) is 6.80. The zero-order valence-electron chi connectivity index (χ0n) is 15.1. The van der Waals surface area contributed by atoms with E-state index in [9.17, 15) is 5.11 Å². The SMILES string of the molecule is COc1ccc(N(C)c2nn3c(-c4ccc(O)c(OC)c4)cnc3s2)cc1. The van der Waals surface area contributed by atoms with Gasteiger partial charge in [-0.05, 0) is 42.5 Å². The Morgan fingerprint density at radius 1 is 1.07 bits per heavy atom. The van der Waals surface area contributed by atoms with Gasteiger partial charge in [0.25, 0.3) is 0 Å². The minimum Gasteiger partial charge on any atom is -0.504 e. The van der Waals surface area contributed by atoms with Crippen LogP contribution in [0.5, 0.6) is 17.2 Å². The van der Waals surface area contributed by atoms with Crippen LogP contribution >= 0.6 is 11.3 Å². The molecule has 0 aliphatic heterocycles. The summed E-state index contributed by atoms with van der Waals surface area (Å²) in [5.74, 6) is 1.32. The summed E-state index contributed by atoms with van der Waals surface area (Å²) in [7, 11) is 5.13. The van der Waals surface area contributed by atoms with Crippen LogP contribution in [-0.2, 0) is 0 Å². The highest BCUT2D eigenvalue weighted by Crippen LogP contribution is 2.34. The van der Waals surface area contributed by atoms with Crippen molar-refractivity contribution in [3.8, 4) is 28.5 Å². The number of aromatic nitrogens is 3. The number of nitrogens with zero attached hydrogens (tertiary/aromatic N) is 4. The highest BCUT2D eigenvalue weighted by atomic mass is 32.1. The first-order valence-corrected chi connectivity index (χ1v) is 9.02. The summed E-state index contributed by atoms with van der Waals surface area (Å²) in [6.07, 6.45) is 1.77. The molecule has 0 aliphatic carbocycles. The van der Waals surface area contributed by atoms with E-state index < -0.39 is 0 Å². The fourth-order valence-electron chi connectivity index (χ4n) is 2.77. The maximum Gasteiger partial charge on any atom is 0.214 e. The average Bonchev–Trinajstić information content (AvgIpc) is 3.29. The Morgan fingerprint density at radius 2 is 1.85 bits per heavy atom. The van der Waals surface area contributed by atoms with Crippen molar-refractivity contribution in [1.82, 2.24) is 14.6 Å². The molecule has 0 spiro atoms. The van der Waals surface area contributed by atoms with Gasteiger partial charge in [0, 0.05) is 18.3 Å². The van der Waals surface area contributed by atoms with Crippen molar-refractivity contribution in [2.24, 2.45) is 0 Å². The third kappa shape index (κ3) is 3.04. The van der Waals surface area contributed by atoms with Gasteiger partial charge in [-0.1, -0.05) is 11.3 Å². The zero-order chi connectivity index (χ0) is 19.0. The van der Waals surface area contributed by atoms with Crippen molar-refractivity contribution in [3.63, 3.8) is 0 Å². The number of hydrogen-bond donors (Lipinski definition) is 1. The van der Waals surface area contributed by atoms with Crippen molar-refractivity contribution >= 4 is 27.1 Å². The molecule has 4 aromatic rings. The largest absolute Gasteiger partial charge is 0.504 e. The Hall–Kier alpha value is -3.26. The van der Waals surface area contributed by atoms with Crippen molar-refractivity contribution in [2.45, 2.75) is 0 Å². The second kappa shape index (κ2) is 6.81. The Kier molecular flexibility index (Phi) is 4.33. The highest BCUT2D eigenvalue weighted by molar-refractivity contribution is 7.20. The lowest BCUT2D eigenvalue weighted by atomic mass is 10.1. The summed E-state index contributed by atoms with van der Waals surface area (Å²) in [6.45, 7) is 0. The van der Waals surface area contributed by atoms with Gasteiger partial charge in [0.05, 0.1) is 26.1 Å². The number of phenolic OH excluding ortho intramolecular Hbond substituents is 1. The van der Waals surface area contributed by atoms with Crippen LogP contribution in [0.1, 0.15) is 0 Å². The quantitative estimate of drug-likeness (QED) is 0.564. The van der Waals surface area contributed by atoms with Crippen LogP contribution in [0, 0.1) is 0 Å². The molecule has 8 heteroatoms. The van der Waals surface area contributed by atoms with E-state index in [0.717, 1.165) is 32.8 Å². The molecule has 138 valence electrons. The Bertz CT molecular complexity index is 1090. The molecule has 2 heterocycles. The monoisotopic (exact) mass is 382 g/mol. The number of imidazole rings is 1. The number of benzene rings is 2. The second-order valence-electron chi connectivity index (χ2n) is 5.87. The molecule has 1 N–H and O–H groups in total. The van der Waals surface area contributed by atoms with Crippen LogP contribution in [0.3, 0.4) is 0 Å². The van der Waals surface area contributed by atoms with Gasteiger partial charge in [-0.25, -0.2) is 9.50 Å². The number of methoxy groups -OCH3 is 2. The summed E-state index contributed by atoms with van der Waals surface area (Å²) >= 11 is 1.49. The lowest BCUT2D eigenvalue weighted by Gasteiger charge is -2.15. The summed E-state index contributed by atoms with van der Waals surface area (Å²) in [4.78, 5) is 7.25. The van der Waals surface area contributed by atoms with Crippen LogP contribution in [-0.4, -0.2) is 41.0 Å². The molecule has 0 radical (unpaired) electrons. The molecule has 0 amide bonds. The fraction of sp³-hybridized carbons (Fsp3) is 0.158. The molecule has 27 heavy (non-hydrogen) atoms. The normalized spacial score (nSPS) is 10.9. The number of fused-ring (bicyclic) bond motifs is 1. The van der Waals surface area contributed by atoms with E-state index in [0.29, 0.717) is 5.75 Å². The van der Waals surface area contributed by atoms with Crippen LogP contribution in [0.25, 0.3) is 16.2 Å². The van der Waals surface area contributed by atoms with E-state index in [4.69, 9.17) is 14.6 Å². The molecule has 0 saturated carbocycles. The van der Waals surface area contributed by atoms with E-state index in [1.807, 2.05) is 42.3 Å². The van der Waals surface area contributed by atoms with Crippen LogP contribution in [0.15, 0.2) is 48.7 Å². The smallest absolute Gasteiger partial charge is 0.214 e. The third-order valence-corrected chi connectivity index (χ3v) is 5.30. The van der Waals surface area contributed by atoms with E-state index in [-0.39, 0.29) is 5.75 Å². The molecule has 0 atom stereocenters. The number of ether oxygens (including phenoxy) is 2. The Balaban J connectivity index is 1.71. The number of anilines is 2. The minimum absolute atomic E-state index is 0.0974. The highest BCUT2D eigenvalue weighted by Gasteiger charge is 2.16. The van der Waals surface area contributed by atoms with Gasteiger partial charge in [0.1, 0.15) is 5.75 Å². The standard InChI is InChI=1S/C19H18N4O3S/c1-22(13-5-7-14(25-2)8-6-13)19-21-23-15(11-20-18(23)27-19)12-4-9-16(24)17(10-12)26-3/h4-11,24H,1-3H3. The Labute approximate surface area is 160 Å². The zero-order valence-corrected chi connectivity index (χ0v) is 15.9. The maximum atomic E-state index is 9.81. The molecule has 7 nitrogen and oxygen atoms in total. The Morgan fingerprint density at radius 3 is 2.56 bits per heavy atom. The van der Waals surface area contributed by atoms with Crippen LogP contribution < -0.4 is 14.4 Å². The molecule has 0 bridgehead atoms. The third-order valence-electron chi connectivity index (χ3n) is 4.30. The molecular formula is C19H18N4O3S. The molecule has 0 fully saturated rings. The average molecular weight is 382 g/mol. The van der Waals surface area contributed by atoms with E-state index >= 15 is 0 Å². The molecular weight excluding hydrogens is 364 g/mol. The summed E-state index contributed by atoms with van der Waals surface area (Å²) < 4.78 is 12.2. The van der Waals surface area contributed by atoms with Crippen molar-refractivity contribution in [2.75, 3.05) is 26.2 Å². The van der Waals surface area contributed by atoms with Crippen molar-refractivity contribution in [1.29, 1.82) is 0 Å². The lowest BCUT2D eigenvalue weighted by Crippen LogP contribution is -2.09. The van der Waals surface area contributed by atoms with Gasteiger partial charge >= 0.3 is 0 Å². The first kappa shape index (κ1) is 17.2. The van der Waals surface area contributed by atoms with Gasteiger partial charge in [0.15, 0.2) is 11.5 Å². The molecule has 0 unspecified atom stereocenters. The first-order chi connectivity index (χ1) is 13.1. The molecule has 4 rings (SSSR count). The van der Waals surface area contributed by atoms with Crippen molar-refractivity contribution in [3.05, 3.63) is 48.7 Å². The fourth-order valence-corrected chi connectivity index (χ4v) is 3.63. The van der Waals surface area contributed by atoms with E-state index in [1.54, 1.807) is 30.0 Å². The van der Waals surface area contributed by atoms with Gasteiger partial charge in [-0.2, -0.15) is 0 Å². The number of rotatable bonds is 5. The summed E-state index contributed by atoms with van der Waals surface area (Å²) in [6, 6.07) is 13.0. The predicted molar refractivity (Wildman–Crippen MR) is 106 cm³/mol. The summed E-state index contributed by atoms with van der Waals surface area (Å²) in [5, 5.41) is 15.3. The lowest BCUT2D eigenvalue weighted by molar-refractivity contribution is 0.373. The molecule has 0 saturated heterocycles. The van der Waals surface area contributed by atoms with E-state index in [2.05, 4.69) is 4.98 Å². The minimum atomic E-state index is 0.0974.